The van der Waals surface area contributed by atoms with Crippen molar-refractivity contribution < 1.29 is 14.3 Å². The highest BCUT2D eigenvalue weighted by Gasteiger charge is 2.39. The minimum absolute atomic E-state index is 0.0666. The topological polar surface area (TPSA) is 46.6 Å². The second-order valence-corrected chi connectivity index (χ2v) is 5.78. The second-order valence-electron chi connectivity index (χ2n) is 5.78. The smallest absolute Gasteiger partial charge is 0.226 e. The first-order valence-corrected chi connectivity index (χ1v) is 8.16. The number of amides is 1. The van der Waals surface area contributed by atoms with Crippen LogP contribution in [-0.4, -0.2) is 23.8 Å². The molecule has 1 aromatic rings. The summed E-state index contributed by atoms with van der Waals surface area (Å²) in [6, 6.07) is 5.41. The molecular weight excluding hydrogens is 278 g/mol. The third-order valence-corrected chi connectivity index (χ3v) is 4.56. The van der Waals surface area contributed by atoms with E-state index in [0.717, 1.165) is 18.5 Å². The molecule has 0 fully saturated rings. The van der Waals surface area contributed by atoms with E-state index in [1.54, 1.807) is 17.0 Å². The van der Waals surface area contributed by atoms with Gasteiger partial charge < -0.3 is 9.64 Å². The normalized spacial score (nSPS) is 15.9. The Balaban J connectivity index is 2.51. The van der Waals surface area contributed by atoms with Gasteiger partial charge in [-0.1, -0.05) is 27.7 Å². The highest BCUT2D eigenvalue weighted by molar-refractivity contribution is 6.00. The number of ether oxygens (including phenoxy) is 1. The van der Waals surface area contributed by atoms with Gasteiger partial charge in [-0.25, -0.2) is 0 Å². The van der Waals surface area contributed by atoms with E-state index in [9.17, 15) is 9.59 Å². The largest absolute Gasteiger partial charge is 0.483 e. The maximum absolute atomic E-state index is 12.4. The average molecular weight is 303 g/mol. The number of carbonyl (C=O) groups excluding carboxylic acids is 2. The van der Waals surface area contributed by atoms with Crippen molar-refractivity contribution in [3.05, 3.63) is 23.8 Å². The maximum Gasteiger partial charge on any atom is 0.226 e. The number of carbonyl (C=O) groups is 2. The number of hydrogen-bond donors (Lipinski definition) is 0. The molecule has 2 rings (SSSR count). The number of rotatable bonds is 5. The summed E-state index contributed by atoms with van der Waals surface area (Å²) >= 11 is 0. The molecule has 1 aromatic carbocycles. The van der Waals surface area contributed by atoms with Crippen LogP contribution < -0.4 is 9.64 Å². The number of anilines is 1. The Kier molecular flexibility index (Phi) is 4.89. The summed E-state index contributed by atoms with van der Waals surface area (Å²) in [6.45, 7) is 8.41. The van der Waals surface area contributed by atoms with Gasteiger partial charge in [0.25, 0.3) is 0 Å². The predicted octanol–water partition coefficient (Wildman–Crippen LogP) is 3.97. The van der Waals surface area contributed by atoms with Gasteiger partial charge in [-0.05, 0) is 31.0 Å². The third-order valence-electron chi connectivity index (χ3n) is 4.56. The van der Waals surface area contributed by atoms with Crippen molar-refractivity contribution in [2.75, 3.05) is 11.4 Å². The maximum atomic E-state index is 12.4. The van der Waals surface area contributed by atoms with Crippen molar-refractivity contribution in [3.8, 4) is 5.75 Å². The molecule has 1 aliphatic rings. The molecule has 0 radical (unpaired) electrons. The van der Waals surface area contributed by atoms with Crippen LogP contribution in [0.15, 0.2) is 18.2 Å². The first-order valence-electron chi connectivity index (χ1n) is 8.16. The number of nitrogens with zero attached hydrogens (tertiary/aromatic N) is 1. The Morgan fingerprint density at radius 2 is 1.82 bits per heavy atom. The van der Waals surface area contributed by atoms with E-state index in [0.29, 0.717) is 30.7 Å². The molecule has 0 saturated carbocycles. The lowest BCUT2D eigenvalue weighted by molar-refractivity contribution is -0.119. The fraction of sp³-hybridized carbons (Fsp3) is 0.556. The van der Waals surface area contributed by atoms with Crippen molar-refractivity contribution in [2.24, 2.45) is 0 Å². The van der Waals surface area contributed by atoms with E-state index in [1.807, 2.05) is 19.9 Å². The Labute approximate surface area is 132 Å². The summed E-state index contributed by atoms with van der Waals surface area (Å²) in [6.07, 6.45) is 2.57. The molecular formula is C18H25NO3. The van der Waals surface area contributed by atoms with Gasteiger partial charge in [-0.3, -0.25) is 9.59 Å². The molecule has 22 heavy (non-hydrogen) atoms. The highest BCUT2D eigenvalue weighted by Crippen LogP contribution is 2.40. The first kappa shape index (κ1) is 16.5. The molecule has 1 aliphatic heterocycles. The second kappa shape index (κ2) is 6.51. The van der Waals surface area contributed by atoms with E-state index < -0.39 is 0 Å². The highest BCUT2D eigenvalue weighted by atomic mass is 16.5. The molecule has 0 saturated heterocycles. The standard InChI is InChI=1S/C18H25NO3/c1-5-15(20)13-9-10-16-14(11-13)19(17(21)6-2)12-18(7-3,8-4)22-16/h9-11H,5-8,12H2,1-4H3. The molecule has 1 heterocycles. The van der Waals surface area contributed by atoms with Crippen LogP contribution in [0.2, 0.25) is 0 Å². The zero-order valence-corrected chi connectivity index (χ0v) is 13.9. The van der Waals surface area contributed by atoms with Gasteiger partial charge in [0.05, 0.1) is 12.2 Å². The van der Waals surface area contributed by atoms with Crippen LogP contribution >= 0.6 is 0 Å². The van der Waals surface area contributed by atoms with Gasteiger partial charge >= 0.3 is 0 Å². The lowest BCUT2D eigenvalue weighted by Gasteiger charge is -2.43. The Hall–Kier alpha value is -1.84. The van der Waals surface area contributed by atoms with Gasteiger partial charge in [-0.15, -0.1) is 0 Å². The fourth-order valence-electron chi connectivity index (χ4n) is 2.86. The third kappa shape index (κ3) is 2.87. The number of Topliss-reactive ketones (excluding diaryl/α,β-unsaturated/α-hetero) is 1. The van der Waals surface area contributed by atoms with Crippen molar-refractivity contribution in [1.82, 2.24) is 0 Å². The summed E-state index contributed by atoms with van der Waals surface area (Å²) in [4.78, 5) is 26.1. The van der Waals surface area contributed by atoms with Crippen LogP contribution in [0.4, 0.5) is 5.69 Å². The minimum Gasteiger partial charge on any atom is -0.483 e. The lowest BCUT2D eigenvalue weighted by atomic mass is 9.93. The molecule has 120 valence electrons. The van der Waals surface area contributed by atoms with Crippen LogP contribution in [-0.2, 0) is 4.79 Å². The van der Waals surface area contributed by atoms with Crippen molar-refractivity contribution in [2.45, 2.75) is 59.0 Å². The molecule has 0 N–H and O–H groups in total. The Bertz CT molecular complexity index is 576. The number of fused-ring (bicyclic) bond motifs is 1. The predicted molar refractivity (Wildman–Crippen MR) is 87.6 cm³/mol. The summed E-state index contributed by atoms with van der Waals surface area (Å²) in [5, 5.41) is 0. The van der Waals surface area contributed by atoms with Crippen LogP contribution in [0.5, 0.6) is 5.75 Å². The van der Waals surface area contributed by atoms with E-state index >= 15 is 0 Å². The number of ketones is 1. The van der Waals surface area contributed by atoms with Gasteiger partial charge in [-0.2, -0.15) is 0 Å². The lowest BCUT2D eigenvalue weighted by Crippen LogP contribution is -2.52. The minimum atomic E-state index is -0.339. The monoisotopic (exact) mass is 303 g/mol. The summed E-state index contributed by atoms with van der Waals surface area (Å²) in [5.74, 6) is 0.843. The summed E-state index contributed by atoms with van der Waals surface area (Å²) in [7, 11) is 0. The van der Waals surface area contributed by atoms with Crippen molar-refractivity contribution in [1.29, 1.82) is 0 Å². The van der Waals surface area contributed by atoms with Crippen LogP contribution in [0.25, 0.3) is 0 Å². The van der Waals surface area contributed by atoms with Crippen LogP contribution in [0.3, 0.4) is 0 Å². The molecule has 0 aliphatic carbocycles. The average Bonchev–Trinajstić information content (AvgIpc) is 2.58. The van der Waals surface area contributed by atoms with Gasteiger partial charge in [0.1, 0.15) is 11.4 Å². The first-order chi connectivity index (χ1) is 10.5. The Morgan fingerprint density at radius 1 is 1.14 bits per heavy atom. The number of benzene rings is 1. The van der Waals surface area contributed by atoms with E-state index in [1.165, 1.54) is 0 Å². The van der Waals surface area contributed by atoms with Crippen LogP contribution in [0, 0.1) is 0 Å². The fourth-order valence-corrected chi connectivity index (χ4v) is 2.86. The van der Waals surface area contributed by atoms with Gasteiger partial charge in [0, 0.05) is 18.4 Å². The van der Waals surface area contributed by atoms with Crippen molar-refractivity contribution in [3.63, 3.8) is 0 Å². The molecule has 0 unspecified atom stereocenters. The van der Waals surface area contributed by atoms with Gasteiger partial charge in [0.2, 0.25) is 5.91 Å². The van der Waals surface area contributed by atoms with E-state index in [-0.39, 0.29) is 17.3 Å². The zero-order chi connectivity index (χ0) is 16.3. The molecule has 0 atom stereocenters. The molecule has 4 heteroatoms. The van der Waals surface area contributed by atoms with E-state index in [2.05, 4.69) is 13.8 Å². The Morgan fingerprint density at radius 3 is 2.36 bits per heavy atom. The molecule has 0 bridgehead atoms. The van der Waals surface area contributed by atoms with Crippen LogP contribution in [0.1, 0.15) is 63.7 Å². The van der Waals surface area contributed by atoms with Gasteiger partial charge in [0.15, 0.2) is 5.78 Å². The quantitative estimate of drug-likeness (QED) is 0.773. The summed E-state index contributed by atoms with van der Waals surface area (Å²) in [5.41, 5.74) is 1.02. The molecule has 0 spiro atoms. The molecule has 0 aromatic heterocycles. The van der Waals surface area contributed by atoms with E-state index in [4.69, 9.17) is 4.74 Å². The van der Waals surface area contributed by atoms with Crippen molar-refractivity contribution >= 4 is 17.4 Å². The molecule has 4 nitrogen and oxygen atoms in total. The molecule has 1 amide bonds. The number of hydrogen-bond acceptors (Lipinski definition) is 3. The zero-order valence-electron chi connectivity index (χ0n) is 13.9. The summed E-state index contributed by atoms with van der Waals surface area (Å²) < 4.78 is 6.21. The SMILES string of the molecule is CCC(=O)c1ccc2c(c1)N(C(=O)CC)CC(CC)(CC)O2.